The van der Waals surface area contributed by atoms with Crippen molar-refractivity contribution in [1.29, 1.82) is 0 Å². The fourth-order valence-corrected chi connectivity index (χ4v) is 0.813. The average molecular weight is 109 g/mol. The van der Waals surface area contributed by atoms with E-state index >= 15 is 0 Å². The first-order valence-corrected chi connectivity index (χ1v) is 3.08. The Morgan fingerprint density at radius 3 is 2.75 bits per heavy atom. The topological polar surface area (TPSA) is 0 Å². The van der Waals surface area contributed by atoms with Crippen LogP contribution >= 0.6 is 0 Å². The molecular formula is C8H12. The lowest BCUT2D eigenvalue weighted by Crippen LogP contribution is -1.88. The van der Waals surface area contributed by atoms with Gasteiger partial charge in [0.2, 0.25) is 0 Å². The zero-order chi connectivity index (χ0) is 6.85. The van der Waals surface area contributed by atoms with Gasteiger partial charge >= 0.3 is 0 Å². The molecule has 0 N–H and O–H groups in total. The molecule has 1 aliphatic carbocycles. The smallest absolute Gasteiger partial charge is 0.0622 e. The molecule has 1 aliphatic rings. The molecule has 0 heterocycles. The van der Waals surface area contributed by atoms with Crippen molar-refractivity contribution in [3.63, 3.8) is 0 Å². The maximum Gasteiger partial charge on any atom is 0.0622 e. The molecule has 0 unspecified atom stereocenters. The van der Waals surface area contributed by atoms with Crippen molar-refractivity contribution in [3.8, 4) is 0 Å². The van der Waals surface area contributed by atoms with Crippen LogP contribution in [0, 0.1) is 5.92 Å². The molecule has 1 rings (SSSR count). The summed E-state index contributed by atoms with van der Waals surface area (Å²) in [6.07, 6.45) is 4.93. The van der Waals surface area contributed by atoms with E-state index in [0.29, 0.717) is 5.92 Å². The Morgan fingerprint density at radius 1 is 1.75 bits per heavy atom. The number of allylic oxidation sites excluding steroid dienone is 4. The molecule has 0 atom stereocenters. The fraction of sp³-hybridized carbons (Fsp3) is 0.500. The van der Waals surface area contributed by atoms with Crippen molar-refractivity contribution < 1.29 is 1.37 Å². The molecule has 0 nitrogen and oxygen atoms in total. The highest BCUT2D eigenvalue weighted by Crippen LogP contribution is 2.18. The van der Waals surface area contributed by atoms with Crippen molar-refractivity contribution in [2.75, 3.05) is 0 Å². The lowest BCUT2D eigenvalue weighted by Gasteiger charge is -2.02. The first-order valence-electron chi connectivity index (χ1n) is 3.58. The van der Waals surface area contributed by atoms with E-state index < -0.39 is 0 Å². The Hall–Kier alpha value is -0.520. The van der Waals surface area contributed by atoms with Crippen LogP contribution < -0.4 is 0 Å². The monoisotopic (exact) mass is 109 g/mol. The molecular weight excluding hydrogens is 96.1 g/mol. The highest BCUT2D eigenvalue weighted by Gasteiger charge is 2.01. The molecule has 0 saturated carbocycles. The van der Waals surface area contributed by atoms with Gasteiger partial charge in [-0.2, -0.15) is 0 Å². The van der Waals surface area contributed by atoms with Gasteiger partial charge in [0, 0.05) is 0 Å². The molecule has 0 radical (unpaired) electrons. The van der Waals surface area contributed by atoms with Crippen molar-refractivity contribution in [2.45, 2.75) is 20.3 Å². The second kappa shape index (κ2) is 2.17. The predicted octanol–water partition coefficient (Wildman–Crippen LogP) is 2.53. The molecule has 0 bridgehead atoms. The Kier molecular flexibility index (Phi) is 1.18. The van der Waals surface area contributed by atoms with Gasteiger partial charge < -0.3 is 0 Å². The molecule has 0 heteroatoms. The summed E-state index contributed by atoms with van der Waals surface area (Å²) in [6, 6.07) is 0.727. The average Bonchev–Trinajstić information content (AvgIpc) is 2.13. The summed E-state index contributed by atoms with van der Waals surface area (Å²) < 4.78 is 7.41. The van der Waals surface area contributed by atoms with Gasteiger partial charge in [-0.3, -0.25) is 0 Å². The predicted molar refractivity (Wildman–Crippen MR) is 36.7 cm³/mol. The van der Waals surface area contributed by atoms with Gasteiger partial charge in [0.1, 0.15) is 0 Å². The van der Waals surface area contributed by atoms with E-state index in [2.05, 4.69) is 19.9 Å². The second-order valence-electron chi connectivity index (χ2n) is 2.43. The Balaban J connectivity index is 2.73. The van der Waals surface area contributed by atoms with Crippen molar-refractivity contribution in [1.82, 2.24) is 0 Å². The molecule has 0 spiro atoms. The lowest BCUT2D eigenvalue weighted by molar-refractivity contribution is 0.753. The fourth-order valence-electron chi connectivity index (χ4n) is 0.813. The van der Waals surface area contributed by atoms with Crippen molar-refractivity contribution in [2.24, 2.45) is 5.92 Å². The Morgan fingerprint density at radius 2 is 2.50 bits per heavy atom. The zero-order valence-corrected chi connectivity index (χ0v) is 5.44. The van der Waals surface area contributed by atoms with Crippen LogP contribution in [0.2, 0.25) is 0 Å². The summed E-state index contributed by atoms with van der Waals surface area (Å²) in [6.45, 7) is 4.27. The maximum atomic E-state index is 7.41. The molecule has 0 aromatic rings. The highest BCUT2D eigenvalue weighted by molar-refractivity contribution is 5.23. The quantitative estimate of drug-likeness (QED) is 0.485. The van der Waals surface area contributed by atoms with Gasteiger partial charge in [-0.1, -0.05) is 37.6 Å². The van der Waals surface area contributed by atoms with Crippen LogP contribution in [0.1, 0.15) is 21.6 Å². The molecule has 0 fully saturated rings. The second-order valence-corrected chi connectivity index (χ2v) is 2.43. The Labute approximate surface area is 52.3 Å². The normalized spacial score (nSPS) is 20.6. The minimum Gasteiger partial charge on any atom is -0.0805 e. The highest BCUT2D eigenvalue weighted by atomic mass is 14.1. The zero-order valence-electron chi connectivity index (χ0n) is 6.44. The first kappa shape index (κ1) is 4.37. The van der Waals surface area contributed by atoms with Crippen LogP contribution in [0.25, 0.3) is 0 Å². The van der Waals surface area contributed by atoms with E-state index in [-0.39, 0.29) is 0 Å². The lowest BCUT2D eigenvalue weighted by atomic mass is 10.0. The SMILES string of the molecule is [2H]C1=C(C(C)C)CC=C1. The van der Waals surface area contributed by atoms with Gasteiger partial charge in [0.05, 0.1) is 1.37 Å². The number of hydrogen-bond donors (Lipinski definition) is 0. The maximum absolute atomic E-state index is 7.41. The number of hydrogen-bond acceptors (Lipinski definition) is 0. The van der Waals surface area contributed by atoms with Crippen molar-refractivity contribution >= 4 is 0 Å². The van der Waals surface area contributed by atoms with E-state index in [4.69, 9.17) is 1.37 Å². The summed E-state index contributed by atoms with van der Waals surface area (Å²) in [5, 5.41) is 0. The largest absolute Gasteiger partial charge is 0.0805 e. The summed E-state index contributed by atoms with van der Waals surface area (Å²) in [5.74, 6) is 0.549. The summed E-state index contributed by atoms with van der Waals surface area (Å²) in [4.78, 5) is 0. The van der Waals surface area contributed by atoms with Crippen molar-refractivity contribution in [3.05, 3.63) is 23.8 Å². The molecule has 0 aliphatic heterocycles. The third kappa shape index (κ3) is 1.00. The van der Waals surface area contributed by atoms with Gasteiger partial charge in [-0.25, -0.2) is 0 Å². The van der Waals surface area contributed by atoms with E-state index in [1.54, 1.807) is 0 Å². The summed E-state index contributed by atoms with van der Waals surface area (Å²) in [5.41, 5.74) is 1.27. The van der Waals surface area contributed by atoms with E-state index in [1.165, 1.54) is 5.57 Å². The van der Waals surface area contributed by atoms with Gasteiger partial charge in [0.25, 0.3) is 0 Å². The minimum atomic E-state index is 0.549. The summed E-state index contributed by atoms with van der Waals surface area (Å²) in [7, 11) is 0. The molecule has 0 amide bonds. The van der Waals surface area contributed by atoms with Crippen LogP contribution in [0.5, 0.6) is 0 Å². The van der Waals surface area contributed by atoms with Crippen LogP contribution in [0.4, 0.5) is 0 Å². The number of rotatable bonds is 1. The van der Waals surface area contributed by atoms with Gasteiger partial charge in [0.15, 0.2) is 0 Å². The molecule has 0 aromatic heterocycles. The third-order valence-corrected chi connectivity index (χ3v) is 1.42. The van der Waals surface area contributed by atoms with Crippen LogP contribution in [-0.4, -0.2) is 0 Å². The van der Waals surface area contributed by atoms with E-state index in [9.17, 15) is 0 Å². The molecule has 44 valence electrons. The first-order chi connectivity index (χ1) is 4.22. The third-order valence-electron chi connectivity index (χ3n) is 1.42. The molecule has 8 heavy (non-hydrogen) atoms. The van der Waals surface area contributed by atoms with Crippen LogP contribution in [0.3, 0.4) is 0 Å². The van der Waals surface area contributed by atoms with Gasteiger partial charge in [-0.15, -0.1) is 0 Å². The van der Waals surface area contributed by atoms with E-state index in [0.717, 1.165) is 12.5 Å². The van der Waals surface area contributed by atoms with E-state index in [1.807, 2.05) is 6.08 Å². The van der Waals surface area contributed by atoms with Crippen LogP contribution in [-0.2, 0) is 0 Å². The Bertz CT molecular complexity index is 163. The molecule has 0 saturated heterocycles. The standard InChI is InChI=1S/C8H12/c1-7(2)8-5-3-4-6-8/h3-5,7H,6H2,1-2H3/i5D. The molecule has 0 aromatic carbocycles. The van der Waals surface area contributed by atoms with Crippen LogP contribution in [0.15, 0.2) is 23.8 Å². The van der Waals surface area contributed by atoms with Gasteiger partial charge in [-0.05, 0) is 12.3 Å². The summed E-state index contributed by atoms with van der Waals surface area (Å²) >= 11 is 0. The minimum absolute atomic E-state index is 0.549.